The number of hydrogen-bond donors (Lipinski definition) is 0. The van der Waals surface area contributed by atoms with E-state index in [4.69, 9.17) is 39.9 Å². The van der Waals surface area contributed by atoms with Gasteiger partial charge in [0.15, 0.2) is 34.9 Å². The molecule has 0 unspecified atom stereocenters. The van der Waals surface area contributed by atoms with Crippen molar-refractivity contribution in [2.45, 2.75) is 0 Å². The Labute approximate surface area is 684 Å². The summed E-state index contributed by atoms with van der Waals surface area (Å²) in [7, 11) is 0. The Morgan fingerprint density at radius 2 is 0.322 bits per heavy atom. The third-order valence-corrected chi connectivity index (χ3v) is 21.9. The van der Waals surface area contributed by atoms with E-state index in [1.807, 2.05) is 60.7 Å². The predicted octanol–water partition coefficient (Wildman–Crippen LogP) is 28.2. The summed E-state index contributed by atoms with van der Waals surface area (Å²) in [5.41, 5.74) is 27.8. The lowest BCUT2D eigenvalue weighted by molar-refractivity contribution is 1.07. The second kappa shape index (κ2) is 31.9. The van der Waals surface area contributed by atoms with Crippen LogP contribution in [-0.4, -0.2) is 39.9 Å². The van der Waals surface area contributed by atoms with Crippen molar-refractivity contribution < 1.29 is 0 Å². The molecule has 8 nitrogen and oxygen atoms in total. The summed E-state index contributed by atoms with van der Waals surface area (Å²) in [4.78, 5) is 40.5. The predicted molar refractivity (Wildman–Crippen MR) is 487 cm³/mol. The van der Waals surface area contributed by atoms with Crippen molar-refractivity contribution in [1.29, 1.82) is 0 Å². The standard InChI is InChI=1S/C58H38N4.C52H34N4/c1-4-13-39(14-5-1)41-25-33-47(34-26-41)56-60-57(48-35-27-42(28-36-48)40-15-6-2-7-16-40)62-58(61-56)49-37-29-44(30-38-49)43-23-31-45(32-24-43)50-21-12-22-53-54(50)51-19-10-11-20-52(51)55(59-53)46-17-8-3-9-18-46;1-4-14-35(15-5-1)42-20-12-21-43(34-42)52-55-50(40-18-8-3-9-19-40)54-51(56-52)41-32-28-37(29-33-41)36-26-30-38(31-27-36)44-24-13-25-47-48(44)45-22-10-11-23-46(45)49(53-47)39-16-6-2-7-17-39/h1-38H;1-34H. The second-order valence-electron chi connectivity index (χ2n) is 29.3. The minimum absolute atomic E-state index is 0.624. The molecule has 0 aliphatic carbocycles. The molecule has 0 atom stereocenters. The maximum atomic E-state index is 5.22. The molecule has 0 aliphatic rings. The summed E-state index contributed by atoms with van der Waals surface area (Å²) >= 11 is 0. The van der Waals surface area contributed by atoms with Crippen molar-refractivity contribution in [3.05, 3.63) is 437 Å². The Balaban J connectivity index is 0.000000152. The van der Waals surface area contributed by atoms with Gasteiger partial charge in [-0.05, 0) is 107 Å². The molecule has 0 amide bonds. The van der Waals surface area contributed by atoms with E-state index < -0.39 is 0 Å². The number of aromatic nitrogens is 8. The van der Waals surface area contributed by atoms with E-state index in [2.05, 4.69) is 376 Å². The highest BCUT2D eigenvalue weighted by molar-refractivity contribution is 6.18. The lowest BCUT2D eigenvalue weighted by Crippen LogP contribution is -2.00. The highest BCUT2D eigenvalue weighted by Crippen LogP contribution is 2.42. The Hall–Kier alpha value is -15.9. The quantitative estimate of drug-likeness (QED) is 0.0935. The number of fused-ring (bicyclic) bond motifs is 6. The molecule has 0 N–H and O–H groups in total. The van der Waals surface area contributed by atoms with Crippen LogP contribution in [0.15, 0.2) is 437 Å². The molecule has 0 fully saturated rings. The highest BCUT2D eigenvalue weighted by Gasteiger charge is 2.20. The van der Waals surface area contributed by atoms with Crippen LogP contribution >= 0.6 is 0 Å². The molecule has 118 heavy (non-hydrogen) atoms. The Kier molecular flexibility index (Phi) is 19.3. The highest BCUT2D eigenvalue weighted by atomic mass is 15.0. The smallest absolute Gasteiger partial charge is 0.164 e. The van der Waals surface area contributed by atoms with E-state index in [0.29, 0.717) is 34.9 Å². The van der Waals surface area contributed by atoms with E-state index in [0.717, 1.165) is 139 Å². The molecule has 552 valence electrons. The number of hydrogen-bond acceptors (Lipinski definition) is 8. The van der Waals surface area contributed by atoms with Gasteiger partial charge in [0.05, 0.1) is 22.4 Å². The number of benzene rings is 17. The minimum atomic E-state index is 0.624. The molecule has 0 bridgehead atoms. The zero-order valence-corrected chi connectivity index (χ0v) is 64.1. The number of nitrogens with zero attached hydrogens (tertiary/aromatic N) is 8. The van der Waals surface area contributed by atoms with Crippen LogP contribution in [0.1, 0.15) is 0 Å². The van der Waals surface area contributed by atoms with Gasteiger partial charge in [-0.3, -0.25) is 0 Å². The fourth-order valence-electron chi connectivity index (χ4n) is 15.9. The van der Waals surface area contributed by atoms with Crippen molar-refractivity contribution in [2.75, 3.05) is 0 Å². The van der Waals surface area contributed by atoms with Crippen molar-refractivity contribution in [3.63, 3.8) is 0 Å². The number of pyridine rings is 2. The van der Waals surface area contributed by atoms with Gasteiger partial charge in [-0.1, -0.05) is 419 Å². The molecule has 4 aromatic heterocycles. The van der Waals surface area contributed by atoms with Crippen molar-refractivity contribution in [2.24, 2.45) is 0 Å². The molecule has 0 saturated heterocycles. The van der Waals surface area contributed by atoms with Crippen LogP contribution < -0.4 is 0 Å². The SMILES string of the molecule is c1ccc(-c2ccc(-c3nc(-c4ccc(-c5ccccc5)cc4)nc(-c4ccc(-c5ccc(-c6cccc7nc(-c8ccccc8)c8ccccc8c67)cc5)cc4)n3)cc2)cc1.c1ccc(-c2cccc(-c3nc(-c4ccccc4)nc(-c4ccc(-c5ccc(-c6cccc7nc(-c8ccccc8)c8ccccc8c67)cc5)cc4)n3)c2)cc1. The van der Waals surface area contributed by atoms with Crippen LogP contribution in [0.4, 0.5) is 0 Å². The Morgan fingerprint density at radius 1 is 0.119 bits per heavy atom. The van der Waals surface area contributed by atoms with Gasteiger partial charge in [0.2, 0.25) is 0 Å². The third kappa shape index (κ3) is 14.5. The molecule has 0 spiro atoms. The molecule has 0 saturated carbocycles. The van der Waals surface area contributed by atoms with Gasteiger partial charge < -0.3 is 0 Å². The van der Waals surface area contributed by atoms with Crippen LogP contribution in [0.3, 0.4) is 0 Å². The van der Waals surface area contributed by atoms with E-state index >= 15 is 0 Å². The zero-order chi connectivity index (χ0) is 78.5. The first-order valence-electron chi connectivity index (χ1n) is 39.7. The summed E-state index contributed by atoms with van der Waals surface area (Å²) in [6.07, 6.45) is 0. The summed E-state index contributed by atoms with van der Waals surface area (Å²) in [5.74, 6) is 3.79. The minimum Gasteiger partial charge on any atom is -0.247 e. The second-order valence-corrected chi connectivity index (χ2v) is 29.3. The van der Waals surface area contributed by atoms with Crippen molar-refractivity contribution in [1.82, 2.24) is 39.9 Å². The zero-order valence-electron chi connectivity index (χ0n) is 64.1. The number of rotatable bonds is 15. The van der Waals surface area contributed by atoms with Crippen LogP contribution in [0.2, 0.25) is 0 Å². The first-order chi connectivity index (χ1) is 58.5. The van der Waals surface area contributed by atoms with Gasteiger partial charge in [-0.2, -0.15) is 0 Å². The van der Waals surface area contributed by atoms with Gasteiger partial charge in [0.1, 0.15) is 0 Å². The maximum absolute atomic E-state index is 5.22. The Bertz CT molecular complexity index is 7080. The fraction of sp³-hybridized carbons (Fsp3) is 0. The molecule has 21 aromatic rings. The van der Waals surface area contributed by atoms with Crippen LogP contribution in [0, 0.1) is 0 Å². The first kappa shape index (κ1) is 71.2. The summed E-state index contributed by atoms with van der Waals surface area (Å²) in [6.45, 7) is 0. The first-order valence-corrected chi connectivity index (χ1v) is 39.7. The van der Waals surface area contributed by atoms with Crippen molar-refractivity contribution in [3.8, 4) is 169 Å². The third-order valence-electron chi connectivity index (χ3n) is 21.9. The fourth-order valence-corrected chi connectivity index (χ4v) is 15.9. The van der Waals surface area contributed by atoms with E-state index in [1.165, 1.54) is 38.4 Å². The maximum Gasteiger partial charge on any atom is 0.164 e. The molecule has 4 heterocycles. The topological polar surface area (TPSA) is 103 Å². The van der Waals surface area contributed by atoms with Gasteiger partial charge in [-0.25, -0.2) is 39.9 Å². The van der Waals surface area contributed by atoms with E-state index in [9.17, 15) is 0 Å². The molecule has 0 radical (unpaired) electrons. The van der Waals surface area contributed by atoms with Gasteiger partial charge in [0.25, 0.3) is 0 Å². The van der Waals surface area contributed by atoms with Crippen LogP contribution in [-0.2, 0) is 0 Å². The largest absolute Gasteiger partial charge is 0.247 e. The average Bonchev–Trinajstić information content (AvgIpc) is 0.749. The summed E-state index contributed by atoms with van der Waals surface area (Å²) < 4.78 is 0. The van der Waals surface area contributed by atoms with Gasteiger partial charge >= 0.3 is 0 Å². The lowest BCUT2D eigenvalue weighted by Gasteiger charge is -2.14. The average molecular weight is 1510 g/mol. The molecule has 17 aromatic carbocycles. The summed E-state index contributed by atoms with van der Waals surface area (Å²) in [5, 5.41) is 7.03. The van der Waals surface area contributed by atoms with Crippen LogP contribution in [0.5, 0.6) is 0 Å². The molecule has 0 aliphatic heterocycles. The molecule has 21 rings (SSSR count). The van der Waals surface area contributed by atoms with E-state index in [-0.39, 0.29) is 0 Å². The Morgan fingerprint density at radius 3 is 0.636 bits per heavy atom. The molecule has 8 heteroatoms. The molecular formula is C110H72N8. The monoisotopic (exact) mass is 1500 g/mol. The van der Waals surface area contributed by atoms with Crippen molar-refractivity contribution >= 4 is 43.4 Å². The van der Waals surface area contributed by atoms with Crippen LogP contribution in [0.25, 0.3) is 212 Å². The normalized spacial score (nSPS) is 11.2. The van der Waals surface area contributed by atoms with E-state index in [1.54, 1.807) is 0 Å². The lowest BCUT2D eigenvalue weighted by atomic mass is 9.93. The molecular weight excluding hydrogens is 1430 g/mol. The van der Waals surface area contributed by atoms with Gasteiger partial charge in [0, 0.05) is 66.1 Å². The van der Waals surface area contributed by atoms with Gasteiger partial charge in [-0.15, -0.1) is 0 Å². The summed E-state index contributed by atoms with van der Waals surface area (Å²) in [6, 6.07) is 152.